The summed E-state index contributed by atoms with van der Waals surface area (Å²) >= 11 is 6.33. The molecular formula is C26H26ClN5O3. The number of aliphatic hydroxyl groups excluding tert-OH is 1. The number of fused-ring (bicyclic) bond motifs is 1. The number of aromatic nitrogens is 5. The molecule has 0 unspecified atom stereocenters. The molecule has 2 aromatic carbocycles. The van der Waals surface area contributed by atoms with Crippen LogP contribution in [0.5, 0.6) is 0 Å². The summed E-state index contributed by atoms with van der Waals surface area (Å²) in [7, 11) is 0. The summed E-state index contributed by atoms with van der Waals surface area (Å²) in [4.78, 5) is 18.6. The second-order valence-electron chi connectivity index (χ2n) is 8.51. The average molecular weight is 492 g/mol. The van der Waals surface area contributed by atoms with Crippen molar-refractivity contribution in [2.24, 2.45) is 0 Å². The first-order valence-corrected chi connectivity index (χ1v) is 12.1. The van der Waals surface area contributed by atoms with Gasteiger partial charge in [0.1, 0.15) is 5.82 Å². The molecule has 8 nitrogen and oxygen atoms in total. The lowest BCUT2D eigenvalue weighted by Crippen LogP contribution is -2.09. The molecule has 3 aromatic heterocycles. The maximum Gasteiger partial charge on any atom is 0.439 e. The molecule has 180 valence electrons. The van der Waals surface area contributed by atoms with Crippen LogP contribution in [0, 0.1) is 0 Å². The zero-order valence-electron chi connectivity index (χ0n) is 19.4. The number of para-hydroxylation sites is 1. The van der Waals surface area contributed by atoms with E-state index in [0.29, 0.717) is 23.2 Å². The number of imidazole rings is 1. The molecule has 0 aliphatic rings. The van der Waals surface area contributed by atoms with Crippen LogP contribution in [0.4, 0.5) is 0 Å². The van der Waals surface area contributed by atoms with E-state index in [0.717, 1.165) is 59.2 Å². The van der Waals surface area contributed by atoms with E-state index in [9.17, 15) is 9.90 Å². The number of halogens is 1. The molecule has 0 amide bonds. The fourth-order valence-electron chi connectivity index (χ4n) is 4.48. The van der Waals surface area contributed by atoms with Crippen molar-refractivity contribution in [3.63, 3.8) is 0 Å². The van der Waals surface area contributed by atoms with Crippen molar-refractivity contribution in [1.82, 2.24) is 24.3 Å². The number of nitrogens with zero attached hydrogens (tertiary/aromatic N) is 4. The van der Waals surface area contributed by atoms with Crippen molar-refractivity contribution < 1.29 is 9.63 Å². The molecule has 9 heteroatoms. The zero-order valence-corrected chi connectivity index (χ0v) is 20.1. The predicted octanol–water partition coefficient (Wildman–Crippen LogP) is 5.10. The van der Waals surface area contributed by atoms with Gasteiger partial charge in [-0.1, -0.05) is 54.7 Å². The number of rotatable bonds is 9. The molecule has 3 heterocycles. The molecule has 0 aliphatic heterocycles. The fourth-order valence-corrected chi connectivity index (χ4v) is 4.74. The lowest BCUT2D eigenvalue weighted by atomic mass is 10.1. The number of H-pyrrole nitrogens is 1. The largest absolute Gasteiger partial charge is 0.439 e. The van der Waals surface area contributed by atoms with Gasteiger partial charge in [0.05, 0.1) is 23.5 Å². The third kappa shape index (κ3) is 4.54. The highest BCUT2D eigenvalue weighted by Gasteiger charge is 2.17. The van der Waals surface area contributed by atoms with Gasteiger partial charge in [-0.25, -0.2) is 9.78 Å². The van der Waals surface area contributed by atoms with E-state index in [1.54, 1.807) is 0 Å². The van der Waals surface area contributed by atoms with Crippen molar-refractivity contribution >= 4 is 22.5 Å². The van der Waals surface area contributed by atoms with Crippen LogP contribution in [0.1, 0.15) is 43.3 Å². The summed E-state index contributed by atoms with van der Waals surface area (Å²) in [6.45, 7) is 2.59. The van der Waals surface area contributed by atoms with Gasteiger partial charge in [0.25, 0.3) is 0 Å². The van der Waals surface area contributed by atoms with E-state index >= 15 is 0 Å². The van der Waals surface area contributed by atoms with E-state index < -0.39 is 5.76 Å². The van der Waals surface area contributed by atoms with Crippen LogP contribution in [0.25, 0.3) is 28.0 Å². The molecule has 2 N–H and O–H groups in total. The lowest BCUT2D eigenvalue weighted by Gasteiger charge is -2.13. The normalized spacial score (nSPS) is 11.5. The third-order valence-electron chi connectivity index (χ3n) is 6.21. The Balaban J connectivity index is 1.49. The van der Waals surface area contributed by atoms with Crippen LogP contribution in [0.15, 0.2) is 64.0 Å². The second kappa shape index (κ2) is 9.93. The number of aryl methyl sites for hydroxylation is 1. The Bertz CT molecular complexity index is 1530. The molecule has 0 spiro atoms. The zero-order chi connectivity index (χ0) is 24.4. The predicted molar refractivity (Wildman–Crippen MR) is 135 cm³/mol. The molecule has 0 saturated carbocycles. The first-order chi connectivity index (χ1) is 17.1. The van der Waals surface area contributed by atoms with Gasteiger partial charge in [0.15, 0.2) is 11.0 Å². The summed E-state index contributed by atoms with van der Waals surface area (Å²) in [6, 6.07) is 16.0. The first-order valence-electron chi connectivity index (χ1n) is 11.7. The maximum atomic E-state index is 11.5. The summed E-state index contributed by atoms with van der Waals surface area (Å²) in [6.07, 6.45) is 6.11. The number of aliphatic hydroxyl groups is 1. The molecule has 35 heavy (non-hydrogen) atoms. The number of benzene rings is 2. The summed E-state index contributed by atoms with van der Waals surface area (Å²) in [5.74, 6) is 0.696. The number of hydrogen-bond acceptors (Lipinski definition) is 5. The molecule has 5 aromatic rings. The highest BCUT2D eigenvalue weighted by atomic mass is 35.5. The summed E-state index contributed by atoms with van der Waals surface area (Å²) in [5, 5.41) is 15.2. The Hall–Kier alpha value is -3.62. The highest BCUT2D eigenvalue weighted by molar-refractivity contribution is 6.30. The fraction of sp³-hybridized carbons (Fsp3) is 0.269. The minimum atomic E-state index is -0.590. The number of aromatic amines is 1. The Kier molecular flexibility index (Phi) is 6.57. The molecule has 0 bridgehead atoms. The first kappa shape index (κ1) is 23.1. The Morgan fingerprint density at radius 1 is 1.14 bits per heavy atom. The van der Waals surface area contributed by atoms with Gasteiger partial charge in [-0.2, -0.15) is 0 Å². The van der Waals surface area contributed by atoms with Crippen molar-refractivity contribution in [2.45, 2.75) is 45.8 Å². The van der Waals surface area contributed by atoms with Crippen molar-refractivity contribution in [3.8, 4) is 17.1 Å². The minimum absolute atomic E-state index is 0.154. The van der Waals surface area contributed by atoms with Gasteiger partial charge in [-0.3, -0.25) is 9.51 Å². The number of unbranched alkanes of at least 4 members (excludes halogenated alkanes) is 2. The highest BCUT2D eigenvalue weighted by Crippen LogP contribution is 2.29. The van der Waals surface area contributed by atoms with Crippen LogP contribution in [-0.4, -0.2) is 29.4 Å². The van der Waals surface area contributed by atoms with Crippen molar-refractivity contribution in [2.75, 3.05) is 0 Å². The topological polar surface area (TPSA) is 102 Å². The van der Waals surface area contributed by atoms with Crippen LogP contribution < -0.4 is 5.76 Å². The van der Waals surface area contributed by atoms with E-state index in [1.807, 2.05) is 35.0 Å². The standard InChI is InChI=1S/C26H26ClN5O3/c1-2-3-4-9-23-28-24(27)22(16-33)32(23)15-17-10-11-20-18(14-17)12-13-31(20)21-8-6-5-7-19(21)25-29-26(34)35-30-25/h5-8,10-14,33H,2-4,9,15-16H2,1H3,(H,29,30,34). The Labute approximate surface area is 206 Å². The molecule has 0 aliphatic carbocycles. The monoisotopic (exact) mass is 491 g/mol. The summed E-state index contributed by atoms with van der Waals surface area (Å²) < 4.78 is 8.80. The molecule has 5 rings (SSSR count). The van der Waals surface area contributed by atoms with Crippen LogP contribution in [0.3, 0.4) is 0 Å². The van der Waals surface area contributed by atoms with Crippen LogP contribution >= 0.6 is 11.6 Å². The third-order valence-corrected chi connectivity index (χ3v) is 6.51. The Morgan fingerprint density at radius 3 is 2.77 bits per heavy atom. The number of nitrogens with one attached hydrogen (secondary N) is 1. The van der Waals surface area contributed by atoms with E-state index in [1.165, 1.54) is 0 Å². The molecule has 0 fully saturated rings. The maximum absolute atomic E-state index is 11.5. The lowest BCUT2D eigenvalue weighted by molar-refractivity contribution is 0.271. The van der Waals surface area contributed by atoms with Gasteiger partial charge in [-0.05, 0) is 42.3 Å². The SMILES string of the molecule is CCCCCc1nc(Cl)c(CO)n1Cc1ccc2c(ccn2-c2ccccc2-c2noc(=O)[nH]2)c1. The number of hydrogen-bond donors (Lipinski definition) is 2. The van der Waals surface area contributed by atoms with E-state index in [-0.39, 0.29) is 6.61 Å². The minimum Gasteiger partial charge on any atom is -0.390 e. The van der Waals surface area contributed by atoms with E-state index in [4.69, 9.17) is 16.1 Å². The molecule has 0 radical (unpaired) electrons. The molecular weight excluding hydrogens is 466 g/mol. The van der Waals surface area contributed by atoms with Crippen molar-refractivity contribution in [1.29, 1.82) is 0 Å². The molecule has 0 saturated heterocycles. The summed E-state index contributed by atoms with van der Waals surface area (Å²) in [5.41, 5.74) is 4.39. The van der Waals surface area contributed by atoms with Crippen LogP contribution in [0.2, 0.25) is 5.15 Å². The van der Waals surface area contributed by atoms with Crippen molar-refractivity contribution in [3.05, 3.63) is 87.5 Å². The second-order valence-corrected chi connectivity index (χ2v) is 8.86. The molecule has 0 atom stereocenters. The Morgan fingerprint density at radius 2 is 2.00 bits per heavy atom. The van der Waals surface area contributed by atoms with Gasteiger partial charge in [0.2, 0.25) is 0 Å². The van der Waals surface area contributed by atoms with Gasteiger partial charge in [0, 0.05) is 30.1 Å². The average Bonchev–Trinajstić information content (AvgIpc) is 3.56. The van der Waals surface area contributed by atoms with Gasteiger partial charge in [-0.15, -0.1) is 0 Å². The quantitative estimate of drug-likeness (QED) is 0.279. The van der Waals surface area contributed by atoms with E-state index in [2.05, 4.69) is 50.9 Å². The van der Waals surface area contributed by atoms with Crippen LogP contribution in [-0.2, 0) is 19.6 Å². The van der Waals surface area contributed by atoms with Gasteiger partial charge >= 0.3 is 5.76 Å². The smallest absolute Gasteiger partial charge is 0.390 e. The van der Waals surface area contributed by atoms with Gasteiger partial charge < -0.3 is 14.2 Å².